The number of hydrogen-bond acceptors (Lipinski definition) is 1. The van der Waals surface area contributed by atoms with Crippen LogP contribution in [-0.2, 0) is 3.79 Å². The van der Waals surface area contributed by atoms with E-state index in [9.17, 15) is 0 Å². The third-order valence-electron chi connectivity index (χ3n) is 1.89. The molecular formula is C6H13AlO. The van der Waals surface area contributed by atoms with E-state index in [2.05, 4.69) is 0 Å². The summed E-state index contributed by atoms with van der Waals surface area (Å²) in [6, 6.07) is 0. The first-order valence-corrected chi connectivity index (χ1v) is 4.28. The molecule has 46 valence electrons. The van der Waals surface area contributed by atoms with Crippen LogP contribution in [0.5, 0.6) is 0 Å². The molecule has 1 rings (SSSR count). The van der Waals surface area contributed by atoms with E-state index in [1.807, 2.05) is 0 Å². The van der Waals surface area contributed by atoms with Crippen molar-refractivity contribution in [2.75, 3.05) is 0 Å². The van der Waals surface area contributed by atoms with Crippen molar-refractivity contribution in [1.29, 1.82) is 0 Å². The zero-order chi connectivity index (χ0) is 5.82. The molecule has 0 aromatic carbocycles. The van der Waals surface area contributed by atoms with Crippen LogP contribution in [0.4, 0.5) is 0 Å². The topological polar surface area (TPSA) is 9.23 Å². The molecule has 1 saturated carbocycles. The number of rotatable bonds is 1. The fraction of sp³-hybridized carbons (Fsp3) is 1.00. The Bertz CT molecular complexity index is 59.5. The quantitative estimate of drug-likeness (QED) is 0.476. The maximum Gasteiger partial charge on any atom is 0.410 e. The van der Waals surface area contributed by atoms with Crippen LogP contribution in [0.2, 0.25) is 0 Å². The molecule has 0 aromatic heterocycles. The van der Waals surface area contributed by atoms with Crippen molar-refractivity contribution in [1.82, 2.24) is 0 Å². The van der Waals surface area contributed by atoms with Gasteiger partial charge in [0.1, 0.15) is 0 Å². The van der Waals surface area contributed by atoms with E-state index >= 15 is 0 Å². The lowest BCUT2D eigenvalue weighted by Crippen LogP contribution is -2.14. The summed E-state index contributed by atoms with van der Waals surface area (Å²) in [5, 5.41) is 0. The first kappa shape index (κ1) is 6.61. The molecule has 1 nitrogen and oxygen atoms in total. The highest BCUT2D eigenvalue weighted by molar-refractivity contribution is 5.98. The van der Waals surface area contributed by atoms with Gasteiger partial charge in [-0.05, 0) is 12.8 Å². The van der Waals surface area contributed by atoms with Crippen molar-refractivity contribution in [2.24, 2.45) is 0 Å². The van der Waals surface area contributed by atoms with Crippen LogP contribution < -0.4 is 0 Å². The van der Waals surface area contributed by atoms with E-state index in [0.717, 1.165) is 16.6 Å². The summed E-state index contributed by atoms with van der Waals surface area (Å²) in [4.78, 5) is 0. The molecule has 0 spiro atoms. The van der Waals surface area contributed by atoms with Gasteiger partial charge in [-0.1, -0.05) is 19.3 Å². The molecule has 0 aliphatic heterocycles. The smallest absolute Gasteiger partial charge is 0.410 e. The lowest BCUT2D eigenvalue weighted by Gasteiger charge is -2.20. The van der Waals surface area contributed by atoms with E-state index in [-0.39, 0.29) is 0 Å². The van der Waals surface area contributed by atoms with Gasteiger partial charge in [0.2, 0.25) is 0 Å². The van der Waals surface area contributed by atoms with Crippen LogP contribution in [-0.4, -0.2) is 22.7 Å². The minimum atomic E-state index is 0.649. The SMILES string of the molecule is [AlH2][O]C1CCCCC1. The summed E-state index contributed by atoms with van der Waals surface area (Å²) in [6.45, 7) is 0. The minimum Gasteiger partial charge on any atom is -0.504 e. The molecule has 1 aliphatic rings. The molecule has 0 radical (unpaired) electrons. The zero-order valence-corrected chi connectivity index (χ0v) is 7.52. The molecule has 0 unspecified atom stereocenters. The fourth-order valence-electron chi connectivity index (χ4n) is 1.30. The Kier molecular flexibility index (Phi) is 2.90. The largest absolute Gasteiger partial charge is 0.504 e. The third-order valence-corrected chi connectivity index (χ3v) is 2.55. The van der Waals surface area contributed by atoms with Crippen molar-refractivity contribution in [2.45, 2.75) is 38.2 Å². The van der Waals surface area contributed by atoms with Crippen molar-refractivity contribution in [3.05, 3.63) is 0 Å². The summed E-state index contributed by atoms with van der Waals surface area (Å²) in [6.07, 6.45) is 7.52. The average Bonchev–Trinajstić information content (AvgIpc) is 1.90. The van der Waals surface area contributed by atoms with Gasteiger partial charge in [0.05, 0.1) is 0 Å². The van der Waals surface area contributed by atoms with E-state index in [1.165, 1.54) is 32.1 Å². The minimum absolute atomic E-state index is 0.649. The Balaban J connectivity index is 2.13. The highest BCUT2D eigenvalue weighted by atomic mass is 27.1. The predicted octanol–water partition coefficient (Wildman–Crippen LogP) is 0.884. The van der Waals surface area contributed by atoms with Crippen molar-refractivity contribution >= 4 is 16.6 Å². The third kappa shape index (κ3) is 1.78. The summed E-state index contributed by atoms with van der Waals surface area (Å²) in [5.74, 6) is 0. The molecular weight excluding hydrogens is 115 g/mol. The van der Waals surface area contributed by atoms with Gasteiger partial charge in [-0.2, -0.15) is 0 Å². The van der Waals surface area contributed by atoms with Crippen molar-refractivity contribution in [3.8, 4) is 0 Å². The molecule has 2 heteroatoms. The second-order valence-electron chi connectivity index (χ2n) is 2.50. The van der Waals surface area contributed by atoms with Crippen LogP contribution in [0, 0.1) is 0 Å². The van der Waals surface area contributed by atoms with Crippen LogP contribution in [0.1, 0.15) is 32.1 Å². The van der Waals surface area contributed by atoms with E-state index in [0.29, 0.717) is 6.10 Å². The van der Waals surface area contributed by atoms with Gasteiger partial charge in [0.25, 0.3) is 0 Å². The van der Waals surface area contributed by atoms with Crippen molar-refractivity contribution in [3.63, 3.8) is 0 Å². The number of hydrogen-bond donors (Lipinski definition) is 0. The molecule has 0 heterocycles. The van der Waals surface area contributed by atoms with E-state index < -0.39 is 0 Å². The molecule has 0 amide bonds. The Labute approximate surface area is 59.2 Å². The normalized spacial score (nSPS) is 23.5. The Hall–Kier alpha value is 0.492. The molecule has 0 atom stereocenters. The Morgan fingerprint density at radius 2 is 1.75 bits per heavy atom. The van der Waals surface area contributed by atoms with Gasteiger partial charge in [-0.15, -0.1) is 0 Å². The lowest BCUT2D eigenvalue weighted by atomic mass is 9.98. The Morgan fingerprint density at radius 3 is 2.12 bits per heavy atom. The Morgan fingerprint density at radius 1 is 1.12 bits per heavy atom. The summed E-state index contributed by atoms with van der Waals surface area (Å²) in [5.41, 5.74) is 0. The average molecular weight is 128 g/mol. The molecule has 8 heavy (non-hydrogen) atoms. The lowest BCUT2D eigenvalue weighted by molar-refractivity contribution is 0.169. The maximum absolute atomic E-state index is 5.33. The van der Waals surface area contributed by atoms with Crippen molar-refractivity contribution < 1.29 is 3.79 Å². The molecule has 1 fully saturated rings. The maximum atomic E-state index is 5.33. The first-order chi connectivity index (χ1) is 3.93. The molecule has 1 aliphatic carbocycles. The van der Waals surface area contributed by atoms with Gasteiger partial charge in [0, 0.05) is 6.10 Å². The first-order valence-electron chi connectivity index (χ1n) is 3.46. The second-order valence-corrected chi connectivity index (χ2v) is 2.97. The summed E-state index contributed by atoms with van der Waals surface area (Å²) >= 11 is 0.930. The zero-order valence-electron chi connectivity index (χ0n) is 5.52. The highest BCUT2D eigenvalue weighted by Gasteiger charge is 2.09. The summed E-state index contributed by atoms with van der Waals surface area (Å²) < 4.78 is 5.33. The molecule has 0 saturated heterocycles. The van der Waals surface area contributed by atoms with Crippen LogP contribution in [0.25, 0.3) is 0 Å². The van der Waals surface area contributed by atoms with Gasteiger partial charge in [-0.3, -0.25) is 0 Å². The van der Waals surface area contributed by atoms with Crippen LogP contribution in [0.3, 0.4) is 0 Å². The fourth-order valence-corrected chi connectivity index (χ4v) is 1.77. The molecule has 0 aromatic rings. The van der Waals surface area contributed by atoms with Gasteiger partial charge >= 0.3 is 16.6 Å². The van der Waals surface area contributed by atoms with E-state index in [4.69, 9.17) is 3.79 Å². The second kappa shape index (κ2) is 3.50. The van der Waals surface area contributed by atoms with E-state index in [1.54, 1.807) is 0 Å². The standard InChI is InChI=1S/C6H11O.Al.2H/c7-6-4-2-1-3-5-6;;;/h6H,1-5H2;;;/q-1;+1;;. The van der Waals surface area contributed by atoms with Gasteiger partial charge < -0.3 is 3.79 Å². The molecule has 0 bridgehead atoms. The highest BCUT2D eigenvalue weighted by Crippen LogP contribution is 2.18. The van der Waals surface area contributed by atoms with Gasteiger partial charge in [0.15, 0.2) is 0 Å². The predicted molar refractivity (Wildman–Crippen MR) is 36.5 cm³/mol. The summed E-state index contributed by atoms with van der Waals surface area (Å²) in [7, 11) is 0. The molecule has 0 N–H and O–H groups in total. The van der Waals surface area contributed by atoms with Crippen LogP contribution in [0.15, 0.2) is 0 Å². The van der Waals surface area contributed by atoms with Gasteiger partial charge in [-0.25, -0.2) is 0 Å². The van der Waals surface area contributed by atoms with Crippen LogP contribution >= 0.6 is 0 Å². The monoisotopic (exact) mass is 128 g/mol.